The van der Waals surface area contributed by atoms with Crippen LogP contribution in [0.1, 0.15) is 39.0 Å². The van der Waals surface area contributed by atoms with Gasteiger partial charge in [-0.1, -0.05) is 43.5 Å². The Kier molecular flexibility index (Phi) is 9.81. The first-order valence-corrected chi connectivity index (χ1v) is 5.76. The summed E-state index contributed by atoms with van der Waals surface area (Å²) in [5.74, 6) is 0. The number of aliphatic hydroxyl groups is 2. The highest BCUT2D eigenvalue weighted by atomic mass is 16.3. The molecule has 0 saturated carbocycles. The van der Waals surface area contributed by atoms with Gasteiger partial charge < -0.3 is 10.2 Å². The molecule has 0 amide bonds. The number of azide groups is 1. The minimum Gasteiger partial charge on any atom is -0.396 e. The molecule has 5 nitrogen and oxygen atoms in total. The van der Waals surface area contributed by atoms with Crippen molar-refractivity contribution in [2.75, 3.05) is 6.61 Å². The van der Waals surface area contributed by atoms with Gasteiger partial charge in [-0.3, -0.25) is 0 Å². The lowest BCUT2D eigenvalue weighted by Gasteiger charge is -2.11. The monoisotopic (exact) mass is 227 g/mol. The van der Waals surface area contributed by atoms with E-state index in [0.29, 0.717) is 0 Å². The number of unbranched alkanes of at least 4 members (excludes halogenated alkanes) is 4. The molecule has 0 bridgehead atoms. The molecule has 16 heavy (non-hydrogen) atoms. The highest BCUT2D eigenvalue weighted by molar-refractivity contribution is 4.94. The highest BCUT2D eigenvalue weighted by Gasteiger charge is 2.12. The van der Waals surface area contributed by atoms with E-state index in [4.69, 9.17) is 10.6 Å². The van der Waals surface area contributed by atoms with E-state index in [0.717, 1.165) is 12.8 Å². The zero-order valence-electron chi connectivity index (χ0n) is 9.79. The molecule has 1 unspecified atom stereocenters. The molecule has 0 aliphatic heterocycles. The number of aliphatic hydroxyl groups excluding tert-OH is 2. The molecule has 0 aromatic carbocycles. The van der Waals surface area contributed by atoms with Crippen molar-refractivity contribution in [1.29, 1.82) is 0 Å². The second-order valence-electron chi connectivity index (χ2n) is 3.72. The van der Waals surface area contributed by atoms with E-state index < -0.39 is 12.1 Å². The molecule has 5 heteroatoms. The number of rotatable bonds is 9. The number of hydrogen-bond acceptors (Lipinski definition) is 3. The normalized spacial score (nSPS) is 14.7. The summed E-state index contributed by atoms with van der Waals surface area (Å²) in [6.45, 7) is 1.82. The van der Waals surface area contributed by atoms with Gasteiger partial charge in [-0.15, -0.1) is 0 Å². The fourth-order valence-corrected chi connectivity index (χ4v) is 1.33. The number of allylic oxidation sites excluding steroid dienone is 1. The molecular weight excluding hydrogens is 206 g/mol. The van der Waals surface area contributed by atoms with Crippen LogP contribution in [0.25, 0.3) is 10.4 Å². The van der Waals surface area contributed by atoms with Crippen LogP contribution in [0.3, 0.4) is 0 Å². The topological polar surface area (TPSA) is 89.2 Å². The van der Waals surface area contributed by atoms with E-state index in [1.807, 2.05) is 6.08 Å². The van der Waals surface area contributed by atoms with Gasteiger partial charge in [0.05, 0.1) is 18.8 Å². The fourth-order valence-electron chi connectivity index (χ4n) is 1.33. The average molecular weight is 227 g/mol. The first kappa shape index (κ1) is 15.0. The summed E-state index contributed by atoms with van der Waals surface area (Å²) in [6.07, 6.45) is 8.19. The molecule has 0 spiro atoms. The Bertz CT molecular complexity index is 237. The fraction of sp³-hybridized carbons (Fsp3) is 0.818. The maximum Gasteiger partial charge on any atom is 0.0900 e. The van der Waals surface area contributed by atoms with E-state index in [1.54, 1.807) is 6.08 Å². The largest absolute Gasteiger partial charge is 0.396 e. The second kappa shape index (κ2) is 10.5. The van der Waals surface area contributed by atoms with E-state index in [-0.39, 0.29) is 6.61 Å². The number of nitrogens with zero attached hydrogens (tertiary/aromatic N) is 3. The van der Waals surface area contributed by atoms with Crippen molar-refractivity contribution < 1.29 is 10.2 Å². The Morgan fingerprint density at radius 2 is 2.12 bits per heavy atom. The van der Waals surface area contributed by atoms with Gasteiger partial charge in [-0.2, -0.15) is 0 Å². The lowest BCUT2D eigenvalue weighted by atomic mass is 10.1. The third-order valence-corrected chi connectivity index (χ3v) is 2.34. The molecule has 0 aromatic rings. The number of hydrogen-bond donors (Lipinski definition) is 2. The molecule has 2 atom stereocenters. The summed E-state index contributed by atoms with van der Waals surface area (Å²) < 4.78 is 0. The molecule has 0 aliphatic carbocycles. The Hall–Kier alpha value is -1.03. The Balaban J connectivity index is 3.79. The van der Waals surface area contributed by atoms with Crippen LogP contribution >= 0.6 is 0 Å². The molecule has 0 rings (SSSR count). The van der Waals surface area contributed by atoms with Crippen LogP contribution in [0.5, 0.6) is 0 Å². The first-order chi connectivity index (χ1) is 7.76. The van der Waals surface area contributed by atoms with E-state index in [1.165, 1.54) is 19.3 Å². The average Bonchev–Trinajstić information content (AvgIpc) is 2.30. The van der Waals surface area contributed by atoms with E-state index in [2.05, 4.69) is 16.9 Å². The summed E-state index contributed by atoms with van der Waals surface area (Å²) in [4.78, 5) is 2.57. The van der Waals surface area contributed by atoms with Crippen LogP contribution < -0.4 is 0 Å². The van der Waals surface area contributed by atoms with Crippen molar-refractivity contribution in [1.82, 2.24) is 0 Å². The predicted molar refractivity (Wildman–Crippen MR) is 63.9 cm³/mol. The van der Waals surface area contributed by atoms with Crippen LogP contribution in [0.4, 0.5) is 0 Å². The van der Waals surface area contributed by atoms with Crippen LogP contribution in [-0.2, 0) is 0 Å². The Labute approximate surface area is 96.4 Å². The minimum absolute atomic E-state index is 0.342. The molecule has 0 aromatic heterocycles. The van der Waals surface area contributed by atoms with Crippen molar-refractivity contribution >= 4 is 0 Å². The van der Waals surface area contributed by atoms with Crippen LogP contribution in [-0.4, -0.2) is 29.0 Å². The van der Waals surface area contributed by atoms with Crippen LogP contribution in [0.15, 0.2) is 17.3 Å². The van der Waals surface area contributed by atoms with Crippen molar-refractivity contribution in [3.05, 3.63) is 22.6 Å². The van der Waals surface area contributed by atoms with Crippen molar-refractivity contribution in [2.45, 2.75) is 51.2 Å². The van der Waals surface area contributed by atoms with Gasteiger partial charge in [0.25, 0.3) is 0 Å². The Morgan fingerprint density at radius 3 is 2.69 bits per heavy atom. The summed E-state index contributed by atoms with van der Waals surface area (Å²) in [6, 6.07) is -0.781. The predicted octanol–water partition coefficient (Wildman–Crippen LogP) is 2.55. The molecule has 0 heterocycles. The van der Waals surface area contributed by atoms with Gasteiger partial charge >= 0.3 is 0 Å². The lowest BCUT2D eigenvalue weighted by Crippen LogP contribution is -2.25. The maximum atomic E-state index is 9.53. The summed E-state index contributed by atoms with van der Waals surface area (Å²) in [5.41, 5.74) is 8.20. The molecule has 92 valence electrons. The lowest BCUT2D eigenvalue weighted by molar-refractivity contribution is 0.144. The molecule has 0 aliphatic rings. The van der Waals surface area contributed by atoms with Crippen molar-refractivity contribution in [3.8, 4) is 0 Å². The van der Waals surface area contributed by atoms with E-state index >= 15 is 0 Å². The first-order valence-electron chi connectivity index (χ1n) is 5.76. The summed E-state index contributed by atoms with van der Waals surface area (Å²) in [7, 11) is 0. The molecule has 0 fully saturated rings. The highest BCUT2D eigenvalue weighted by Crippen LogP contribution is 2.05. The molecule has 2 N–H and O–H groups in total. The molecule has 0 radical (unpaired) electrons. The van der Waals surface area contributed by atoms with Crippen LogP contribution in [0, 0.1) is 0 Å². The van der Waals surface area contributed by atoms with Gasteiger partial charge in [0, 0.05) is 4.91 Å². The Morgan fingerprint density at radius 1 is 1.38 bits per heavy atom. The third kappa shape index (κ3) is 7.29. The quantitative estimate of drug-likeness (QED) is 0.208. The van der Waals surface area contributed by atoms with Gasteiger partial charge in [-0.05, 0) is 18.4 Å². The van der Waals surface area contributed by atoms with Gasteiger partial charge in [0.15, 0.2) is 0 Å². The third-order valence-electron chi connectivity index (χ3n) is 2.34. The minimum atomic E-state index is -0.896. The van der Waals surface area contributed by atoms with Gasteiger partial charge in [0.2, 0.25) is 0 Å². The van der Waals surface area contributed by atoms with Crippen LogP contribution in [0.2, 0.25) is 0 Å². The molecule has 0 saturated heterocycles. The van der Waals surface area contributed by atoms with Crippen molar-refractivity contribution in [2.24, 2.45) is 5.11 Å². The zero-order chi connectivity index (χ0) is 12.2. The standard InChI is InChI=1S/C11H21N3O2/c1-2-3-4-5-6-7-8-11(16)10(9-15)13-14-12/h7-8,10-11,15-16H,2-6,9H2,1H3/t10?,11-/m1/s1. The zero-order valence-corrected chi connectivity index (χ0v) is 9.79. The second-order valence-corrected chi connectivity index (χ2v) is 3.72. The van der Waals surface area contributed by atoms with Crippen molar-refractivity contribution in [3.63, 3.8) is 0 Å². The maximum absolute atomic E-state index is 9.53. The van der Waals surface area contributed by atoms with Gasteiger partial charge in [0.1, 0.15) is 0 Å². The van der Waals surface area contributed by atoms with E-state index in [9.17, 15) is 5.11 Å². The summed E-state index contributed by atoms with van der Waals surface area (Å²) in [5, 5.41) is 21.7. The molecular formula is C11H21N3O2. The SMILES string of the molecule is CCCCCCC=C[C@@H](O)C(CO)N=[N+]=[N-]. The summed E-state index contributed by atoms with van der Waals surface area (Å²) >= 11 is 0. The van der Waals surface area contributed by atoms with Gasteiger partial charge in [-0.25, -0.2) is 0 Å². The smallest absolute Gasteiger partial charge is 0.0900 e.